The molecular formula is C32H32O6. The van der Waals surface area contributed by atoms with Gasteiger partial charge in [0.25, 0.3) is 0 Å². The second-order valence-electron chi connectivity index (χ2n) is 9.92. The lowest BCUT2D eigenvalue weighted by Crippen LogP contribution is -2.45. The molecule has 1 saturated heterocycles. The maximum Gasteiger partial charge on any atom is 0.132 e. The van der Waals surface area contributed by atoms with Crippen molar-refractivity contribution in [2.45, 2.75) is 31.7 Å². The number of aliphatic hydroxyl groups is 1. The van der Waals surface area contributed by atoms with Crippen LogP contribution in [-0.4, -0.2) is 47.8 Å². The van der Waals surface area contributed by atoms with Crippen molar-refractivity contribution >= 4 is 0 Å². The molecule has 0 amide bonds. The van der Waals surface area contributed by atoms with E-state index in [-0.39, 0.29) is 18.5 Å². The fourth-order valence-electron chi connectivity index (χ4n) is 3.96. The van der Waals surface area contributed by atoms with Crippen molar-refractivity contribution < 1.29 is 29.2 Å². The smallest absolute Gasteiger partial charge is 0.132 e. The van der Waals surface area contributed by atoms with Gasteiger partial charge in [0.15, 0.2) is 0 Å². The Hall–Kier alpha value is -4.00. The van der Waals surface area contributed by atoms with Crippen LogP contribution in [0.1, 0.15) is 13.8 Å². The van der Waals surface area contributed by atoms with E-state index in [2.05, 4.69) is 0 Å². The first-order valence-electron chi connectivity index (χ1n) is 12.7. The Morgan fingerprint density at radius 3 is 1.61 bits per heavy atom. The Morgan fingerprint density at radius 2 is 1.13 bits per heavy atom. The van der Waals surface area contributed by atoms with Gasteiger partial charge in [-0.2, -0.15) is 0 Å². The lowest BCUT2D eigenvalue weighted by atomic mass is 10.0. The summed E-state index contributed by atoms with van der Waals surface area (Å²) in [5, 5.41) is 20.3. The Bertz CT molecular complexity index is 1310. The Kier molecular flexibility index (Phi) is 7.54. The molecule has 38 heavy (non-hydrogen) atoms. The highest BCUT2D eigenvalue weighted by atomic mass is 16.6. The minimum Gasteiger partial charge on any atom is -0.508 e. The first-order chi connectivity index (χ1) is 18.4. The molecule has 2 atom stereocenters. The van der Waals surface area contributed by atoms with Crippen LogP contribution in [0, 0.1) is 0 Å². The van der Waals surface area contributed by atoms with Gasteiger partial charge in [-0.05, 0) is 84.6 Å². The normalized spacial score (nSPS) is 15.5. The molecule has 2 N–H and O–H groups in total. The highest BCUT2D eigenvalue weighted by Crippen LogP contribution is 2.28. The lowest BCUT2D eigenvalue weighted by molar-refractivity contribution is -0.0492. The zero-order valence-corrected chi connectivity index (χ0v) is 21.5. The van der Waals surface area contributed by atoms with E-state index in [4.69, 9.17) is 18.9 Å². The van der Waals surface area contributed by atoms with E-state index >= 15 is 0 Å². The van der Waals surface area contributed by atoms with Crippen molar-refractivity contribution in [2.24, 2.45) is 0 Å². The van der Waals surface area contributed by atoms with Crippen molar-refractivity contribution in [3.05, 3.63) is 97.1 Å². The number of aliphatic hydroxyl groups excluding tert-OH is 1. The van der Waals surface area contributed by atoms with Gasteiger partial charge in [0.2, 0.25) is 0 Å². The van der Waals surface area contributed by atoms with E-state index < -0.39 is 11.7 Å². The quantitative estimate of drug-likeness (QED) is 0.236. The number of hydrogen-bond acceptors (Lipinski definition) is 6. The third-order valence-corrected chi connectivity index (χ3v) is 6.53. The van der Waals surface area contributed by atoms with E-state index in [0.717, 1.165) is 34.6 Å². The van der Waals surface area contributed by atoms with Crippen LogP contribution in [0.3, 0.4) is 0 Å². The molecule has 6 nitrogen and oxygen atoms in total. The van der Waals surface area contributed by atoms with E-state index in [9.17, 15) is 10.2 Å². The van der Waals surface area contributed by atoms with Gasteiger partial charge in [0.1, 0.15) is 54.0 Å². The van der Waals surface area contributed by atoms with Crippen molar-refractivity contribution in [1.29, 1.82) is 0 Å². The van der Waals surface area contributed by atoms with Gasteiger partial charge in [0, 0.05) is 0 Å². The number of rotatable bonds is 11. The lowest BCUT2D eigenvalue weighted by Gasteiger charge is -2.31. The van der Waals surface area contributed by atoms with Crippen molar-refractivity contribution in [1.82, 2.24) is 0 Å². The van der Waals surface area contributed by atoms with Crippen LogP contribution >= 0.6 is 0 Å². The average molecular weight is 513 g/mol. The molecule has 1 aliphatic rings. The van der Waals surface area contributed by atoms with E-state index in [1.165, 1.54) is 0 Å². The molecule has 0 radical (unpaired) electrons. The molecule has 0 bridgehead atoms. The minimum absolute atomic E-state index is 0.0882. The first-order valence-corrected chi connectivity index (χ1v) is 12.7. The number of epoxide rings is 1. The Balaban J connectivity index is 1.13. The number of aromatic hydroxyl groups is 1. The molecular weight excluding hydrogens is 480 g/mol. The van der Waals surface area contributed by atoms with Crippen LogP contribution in [0.4, 0.5) is 0 Å². The topological polar surface area (TPSA) is 80.7 Å². The number of hydrogen-bond donors (Lipinski definition) is 2. The van der Waals surface area contributed by atoms with E-state index in [0.29, 0.717) is 18.1 Å². The van der Waals surface area contributed by atoms with Gasteiger partial charge in [-0.25, -0.2) is 0 Å². The fourth-order valence-corrected chi connectivity index (χ4v) is 3.96. The third-order valence-electron chi connectivity index (χ3n) is 6.53. The summed E-state index contributed by atoms with van der Waals surface area (Å²) in [7, 11) is 0. The minimum atomic E-state index is -0.863. The van der Waals surface area contributed by atoms with E-state index in [1.54, 1.807) is 12.1 Å². The number of benzene rings is 4. The SMILES string of the molecule is CC(C)(Oc1ccc(-c2ccc(OCC3CO3)cc2)cc1)C(O)COc1ccc(-c2ccc(O)cc2)cc1. The van der Waals surface area contributed by atoms with Crippen LogP contribution < -0.4 is 14.2 Å². The van der Waals surface area contributed by atoms with Crippen molar-refractivity contribution in [3.8, 4) is 45.3 Å². The average Bonchev–Trinajstić information content (AvgIpc) is 3.77. The predicted octanol–water partition coefficient (Wildman–Crippen LogP) is 6.10. The standard InChI is InChI=1S/C32H32O6/c1-32(2,31(34)21-37-28-15-7-23(8-16-28)22-3-11-26(33)12-4-22)38-29-17-9-25(10-18-29)24-5-13-27(14-6-24)35-19-30-20-36-30/h3-18,30-31,33-34H,19-21H2,1-2H3. The highest BCUT2D eigenvalue weighted by molar-refractivity contribution is 5.65. The second kappa shape index (κ2) is 11.2. The Morgan fingerprint density at radius 1 is 0.711 bits per heavy atom. The Labute approximate surface area is 223 Å². The van der Waals surface area contributed by atoms with Gasteiger partial charge in [0.05, 0.1) is 6.61 Å². The van der Waals surface area contributed by atoms with Crippen LogP contribution in [0.2, 0.25) is 0 Å². The summed E-state index contributed by atoms with van der Waals surface area (Å²) in [6.07, 6.45) is -0.617. The molecule has 4 aromatic rings. The number of phenols is 1. The molecule has 1 aliphatic heterocycles. The summed E-state index contributed by atoms with van der Waals surface area (Å²) in [5.41, 5.74) is 3.29. The molecule has 0 aliphatic carbocycles. The maximum atomic E-state index is 10.8. The monoisotopic (exact) mass is 512 g/mol. The highest BCUT2D eigenvalue weighted by Gasteiger charge is 2.31. The second-order valence-corrected chi connectivity index (χ2v) is 9.92. The largest absolute Gasteiger partial charge is 0.508 e. The fraction of sp³-hybridized carbons (Fsp3) is 0.250. The van der Waals surface area contributed by atoms with Gasteiger partial charge in [-0.15, -0.1) is 0 Å². The first kappa shape index (κ1) is 25.6. The molecule has 0 spiro atoms. The summed E-state index contributed by atoms with van der Waals surface area (Å²) in [6, 6.07) is 30.4. The van der Waals surface area contributed by atoms with Gasteiger partial charge >= 0.3 is 0 Å². The molecule has 5 rings (SSSR count). The van der Waals surface area contributed by atoms with Gasteiger partial charge in [-0.1, -0.05) is 48.5 Å². The molecule has 196 valence electrons. The molecule has 1 fully saturated rings. The van der Waals surface area contributed by atoms with Gasteiger partial charge < -0.3 is 29.2 Å². The molecule has 4 aromatic carbocycles. The zero-order chi connectivity index (χ0) is 26.5. The predicted molar refractivity (Wildman–Crippen MR) is 147 cm³/mol. The number of ether oxygens (including phenoxy) is 4. The van der Waals surface area contributed by atoms with Crippen LogP contribution in [-0.2, 0) is 4.74 Å². The molecule has 2 unspecified atom stereocenters. The molecule has 0 aromatic heterocycles. The third kappa shape index (κ3) is 6.65. The van der Waals surface area contributed by atoms with E-state index in [1.807, 2.05) is 98.8 Å². The zero-order valence-electron chi connectivity index (χ0n) is 21.5. The summed E-state index contributed by atoms with van der Waals surface area (Å²) < 4.78 is 22.8. The van der Waals surface area contributed by atoms with Crippen molar-refractivity contribution in [3.63, 3.8) is 0 Å². The molecule has 1 heterocycles. The summed E-state index contributed by atoms with van der Waals surface area (Å²) in [5.74, 6) is 2.39. The summed E-state index contributed by atoms with van der Waals surface area (Å²) in [6.45, 7) is 5.14. The summed E-state index contributed by atoms with van der Waals surface area (Å²) >= 11 is 0. The van der Waals surface area contributed by atoms with Crippen LogP contribution in [0.5, 0.6) is 23.0 Å². The molecule has 0 saturated carbocycles. The molecule has 6 heteroatoms. The van der Waals surface area contributed by atoms with Crippen LogP contribution in [0.25, 0.3) is 22.3 Å². The van der Waals surface area contributed by atoms with Crippen molar-refractivity contribution in [2.75, 3.05) is 19.8 Å². The van der Waals surface area contributed by atoms with Gasteiger partial charge in [-0.3, -0.25) is 0 Å². The number of phenolic OH excluding ortho intramolecular Hbond substituents is 1. The van der Waals surface area contributed by atoms with Crippen LogP contribution in [0.15, 0.2) is 97.1 Å². The summed E-state index contributed by atoms with van der Waals surface area (Å²) in [4.78, 5) is 0. The maximum absolute atomic E-state index is 10.8.